The zero-order chi connectivity index (χ0) is 15.6. The van der Waals surface area contributed by atoms with Gasteiger partial charge >= 0.3 is 0 Å². The van der Waals surface area contributed by atoms with Crippen molar-refractivity contribution in [1.82, 2.24) is 4.98 Å². The van der Waals surface area contributed by atoms with Crippen molar-refractivity contribution in [2.24, 2.45) is 0 Å². The second-order valence-corrected chi connectivity index (χ2v) is 6.26. The smallest absolute Gasteiger partial charge is 0.255 e. The zero-order valence-corrected chi connectivity index (χ0v) is 13.7. The van der Waals surface area contributed by atoms with Crippen molar-refractivity contribution in [3.05, 3.63) is 57.8 Å². The maximum Gasteiger partial charge on any atom is 0.255 e. The van der Waals surface area contributed by atoms with Crippen LogP contribution in [0.1, 0.15) is 35.5 Å². The molecule has 1 amide bonds. The minimum Gasteiger partial charge on any atom is -0.384 e. The Morgan fingerprint density at radius 2 is 2.00 bits per heavy atom. The number of nitrogens with zero attached hydrogens (tertiary/aromatic N) is 1. The predicted molar refractivity (Wildman–Crippen MR) is 86.3 cm³/mol. The van der Waals surface area contributed by atoms with Gasteiger partial charge in [0.1, 0.15) is 5.60 Å². The van der Waals surface area contributed by atoms with Gasteiger partial charge in [0.25, 0.3) is 5.91 Å². The number of pyridine rings is 1. The van der Waals surface area contributed by atoms with E-state index in [0.29, 0.717) is 16.9 Å². The third kappa shape index (κ3) is 3.89. The third-order valence-electron chi connectivity index (χ3n) is 3.08. The Balaban J connectivity index is 2.22. The van der Waals surface area contributed by atoms with E-state index in [1.165, 1.54) is 6.20 Å². The van der Waals surface area contributed by atoms with Gasteiger partial charge < -0.3 is 10.4 Å². The number of aliphatic hydroxyl groups is 1. The van der Waals surface area contributed by atoms with Crippen LogP contribution in [0.25, 0.3) is 0 Å². The minimum atomic E-state index is -1.08. The van der Waals surface area contributed by atoms with E-state index >= 15 is 0 Å². The molecule has 0 aliphatic carbocycles. The van der Waals surface area contributed by atoms with E-state index in [4.69, 9.17) is 0 Å². The molecule has 0 aliphatic heterocycles. The average Bonchev–Trinajstić information content (AvgIpc) is 2.42. The monoisotopic (exact) mass is 348 g/mol. The van der Waals surface area contributed by atoms with Crippen LogP contribution in [0.4, 0.5) is 5.69 Å². The number of nitrogens with one attached hydrogen (secondary N) is 1. The Morgan fingerprint density at radius 3 is 2.62 bits per heavy atom. The van der Waals surface area contributed by atoms with Crippen LogP contribution in [-0.2, 0) is 5.60 Å². The Morgan fingerprint density at radius 1 is 1.29 bits per heavy atom. The fourth-order valence-corrected chi connectivity index (χ4v) is 2.16. The van der Waals surface area contributed by atoms with Crippen molar-refractivity contribution >= 4 is 27.5 Å². The highest BCUT2D eigenvalue weighted by Gasteiger charge is 2.19. The summed E-state index contributed by atoms with van der Waals surface area (Å²) < 4.78 is 0.937. The molecule has 1 aromatic heterocycles. The molecule has 0 spiro atoms. The normalized spacial score (nSPS) is 11.3. The summed E-state index contributed by atoms with van der Waals surface area (Å²) in [5, 5.41) is 12.8. The molecule has 0 unspecified atom stereocenters. The van der Waals surface area contributed by atoms with Crippen molar-refractivity contribution in [1.29, 1.82) is 0 Å². The summed E-state index contributed by atoms with van der Waals surface area (Å²) in [6.07, 6.45) is 1.52. The van der Waals surface area contributed by atoms with E-state index in [1.54, 1.807) is 26.0 Å². The maximum atomic E-state index is 12.3. The molecule has 1 heterocycles. The molecule has 2 rings (SSSR count). The van der Waals surface area contributed by atoms with Gasteiger partial charge in [-0.2, -0.15) is 0 Å². The van der Waals surface area contributed by atoms with Gasteiger partial charge in [-0.05, 0) is 50.6 Å². The molecule has 0 fully saturated rings. The molecule has 0 aliphatic rings. The number of amides is 1. The number of hydrogen-bond donors (Lipinski definition) is 2. The Hall–Kier alpha value is -1.72. The first-order chi connectivity index (χ1) is 9.77. The first-order valence-corrected chi connectivity index (χ1v) is 7.33. The summed E-state index contributed by atoms with van der Waals surface area (Å²) in [4.78, 5) is 16.3. The molecule has 1 aromatic carbocycles. The van der Waals surface area contributed by atoms with E-state index in [-0.39, 0.29) is 5.91 Å². The molecule has 4 nitrogen and oxygen atoms in total. The SMILES string of the molecule is Cc1ccc(NC(=O)c2ccnc(C(C)(C)O)c2)cc1Br. The van der Waals surface area contributed by atoms with Gasteiger partial charge in [-0.3, -0.25) is 9.78 Å². The number of rotatable bonds is 3. The van der Waals surface area contributed by atoms with Gasteiger partial charge in [0, 0.05) is 21.9 Å². The summed E-state index contributed by atoms with van der Waals surface area (Å²) in [5.41, 5.74) is 1.64. The number of hydrogen-bond acceptors (Lipinski definition) is 3. The second kappa shape index (κ2) is 5.95. The van der Waals surface area contributed by atoms with Crippen LogP contribution in [0.5, 0.6) is 0 Å². The Labute approximate surface area is 132 Å². The lowest BCUT2D eigenvalue weighted by Crippen LogP contribution is -2.19. The molecule has 110 valence electrons. The van der Waals surface area contributed by atoms with E-state index in [0.717, 1.165) is 10.0 Å². The van der Waals surface area contributed by atoms with E-state index < -0.39 is 5.60 Å². The molecule has 0 saturated carbocycles. The fourth-order valence-electron chi connectivity index (χ4n) is 1.78. The van der Waals surface area contributed by atoms with Gasteiger partial charge in [-0.15, -0.1) is 0 Å². The lowest BCUT2D eigenvalue weighted by atomic mass is 10.0. The predicted octanol–water partition coefficient (Wildman–Crippen LogP) is 3.63. The number of aromatic nitrogens is 1. The van der Waals surface area contributed by atoms with Gasteiger partial charge in [0.15, 0.2) is 0 Å². The van der Waals surface area contributed by atoms with E-state index in [9.17, 15) is 9.90 Å². The quantitative estimate of drug-likeness (QED) is 0.890. The molecule has 2 N–H and O–H groups in total. The van der Waals surface area contributed by atoms with Gasteiger partial charge in [0.2, 0.25) is 0 Å². The van der Waals surface area contributed by atoms with Crippen molar-refractivity contribution < 1.29 is 9.90 Å². The molecule has 21 heavy (non-hydrogen) atoms. The topological polar surface area (TPSA) is 62.2 Å². The van der Waals surface area contributed by atoms with E-state index in [1.807, 2.05) is 25.1 Å². The molecular formula is C16H17BrN2O2. The fraction of sp³-hybridized carbons (Fsp3) is 0.250. The number of halogens is 1. The van der Waals surface area contributed by atoms with Gasteiger partial charge in [0.05, 0.1) is 5.69 Å². The Bertz CT molecular complexity index is 678. The summed E-state index contributed by atoms with van der Waals surface area (Å²) in [7, 11) is 0. The summed E-state index contributed by atoms with van der Waals surface area (Å²) in [6, 6.07) is 8.84. The number of benzene rings is 1. The molecule has 0 radical (unpaired) electrons. The van der Waals surface area contributed by atoms with Crippen LogP contribution in [-0.4, -0.2) is 16.0 Å². The summed E-state index contributed by atoms with van der Waals surface area (Å²) in [5.74, 6) is -0.237. The standard InChI is InChI=1S/C16H17BrN2O2/c1-10-4-5-12(9-13(10)17)19-15(20)11-6-7-18-14(8-11)16(2,3)21/h4-9,21H,1-3H3,(H,19,20). The molecular weight excluding hydrogens is 332 g/mol. The molecule has 0 atom stereocenters. The molecule has 0 bridgehead atoms. The number of aryl methyl sites for hydroxylation is 1. The maximum absolute atomic E-state index is 12.3. The largest absolute Gasteiger partial charge is 0.384 e. The van der Waals surface area contributed by atoms with Crippen molar-refractivity contribution in [2.45, 2.75) is 26.4 Å². The van der Waals surface area contributed by atoms with Crippen molar-refractivity contribution in [3.63, 3.8) is 0 Å². The average molecular weight is 349 g/mol. The summed E-state index contributed by atoms with van der Waals surface area (Å²) in [6.45, 7) is 5.25. The van der Waals surface area contributed by atoms with Gasteiger partial charge in [-0.1, -0.05) is 22.0 Å². The zero-order valence-electron chi connectivity index (χ0n) is 12.1. The first kappa shape index (κ1) is 15.7. The highest BCUT2D eigenvalue weighted by molar-refractivity contribution is 9.10. The molecule has 2 aromatic rings. The van der Waals surface area contributed by atoms with Crippen molar-refractivity contribution in [2.75, 3.05) is 5.32 Å². The van der Waals surface area contributed by atoms with Crippen LogP contribution < -0.4 is 5.32 Å². The molecule has 0 saturated heterocycles. The third-order valence-corrected chi connectivity index (χ3v) is 3.93. The molecule has 5 heteroatoms. The van der Waals surface area contributed by atoms with Crippen LogP contribution in [0.15, 0.2) is 41.0 Å². The number of anilines is 1. The second-order valence-electron chi connectivity index (χ2n) is 5.41. The first-order valence-electron chi connectivity index (χ1n) is 6.54. The lowest BCUT2D eigenvalue weighted by molar-refractivity contribution is 0.0737. The lowest BCUT2D eigenvalue weighted by Gasteiger charge is -2.17. The van der Waals surface area contributed by atoms with Crippen LogP contribution in [0.3, 0.4) is 0 Å². The van der Waals surface area contributed by atoms with Crippen LogP contribution in [0.2, 0.25) is 0 Å². The Kier molecular flexibility index (Phi) is 4.44. The van der Waals surface area contributed by atoms with Gasteiger partial charge in [-0.25, -0.2) is 0 Å². The van der Waals surface area contributed by atoms with Crippen LogP contribution in [0, 0.1) is 6.92 Å². The van der Waals surface area contributed by atoms with E-state index in [2.05, 4.69) is 26.2 Å². The number of carbonyl (C=O) groups excluding carboxylic acids is 1. The highest BCUT2D eigenvalue weighted by atomic mass is 79.9. The highest BCUT2D eigenvalue weighted by Crippen LogP contribution is 2.22. The minimum absolute atomic E-state index is 0.237. The van der Waals surface area contributed by atoms with Crippen LogP contribution >= 0.6 is 15.9 Å². The van der Waals surface area contributed by atoms with Crippen molar-refractivity contribution in [3.8, 4) is 0 Å². The summed E-state index contributed by atoms with van der Waals surface area (Å²) >= 11 is 3.44. The number of carbonyl (C=O) groups is 1.